The van der Waals surface area contributed by atoms with Gasteiger partial charge in [0.2, 0.25) is 0 Å². The maximum atomic E-state index is 5.69. The van der Waals surface area contributed by atoms with Crippen LogP contribution in [0.15, 0.2) is 6.20 Å². The first-order valence-electron chi connectivity index (χ1n) is 6.27. The van der Waals surface area contributed by atoms with Crippen LogP contribution in [0.5, 0.6) is 0 Å². The average Bonchev–Trinajstić information content (AvgIpc) is 2.73. The number of hydrogen-bond acceptors (Lipinski definition) is 3. The second-order valence-corrected chi connectivity index (χ2v) is 4.39. The molecule has 4 heteroatoms. The van der Waals surface area contributed by atoms with E-state index in [-0.39, 0.29) is 0 Å². The van der Waals surface area contributed by atoms with Crippen LogP contribution in [0.4, 0.5) is 0 Å². The van der Waals surface area contributed by atoms with Gasteiger partial charge in [0.25, 0.3) is 0 Å². The fourth-order valence-corrected chi connectivity index (χ4v) is 2.70. The van der Waals surface area contributed by atoms with Crippen molar-refractivity contribution in [2.45, 2.75) is 45.8 Å². The molecule has 1 atom stereocenters. The molecular formula is C12H22N4. The second-order valence-electron chi connectivity index (χ2n) is 4.39. The largest absolute Gasteiger partial charge is 0.331 e. The van der Waals surface area contributed by atoms with Crippen molar-refractivity contribution in [1.82, 2.24) is 14.5 Å². The lowest BCUT2D eigenvalue weighted by Gasteiger charge is -2.33. The highest BCUT2D eigenvalue weighted by Crippen LogP contribution is 2.20. The van der Waals surface area contributed by atoms with Gasteiger partial charge in [-0.3, -0.25) is 0 Å². The molecule has 1 aliphatic rings. The third-order valence-corrected chi connectivity index (χ3v) is 3.66. The highest BCUT2D eigenvalue weighted by Gasteiger charge is 2.24. The Balaban J connectivity index is 2.12. The van der Waals surface area contributed by atoms with Gasteiger partial charge >= 0.3 is 0 Å². The summed E-state index contributed by atoms with van der Waals surface area (Å²) >= 11 is 0. The first-order chi connectivity index (χ1) is 7.80. The minimum atomic E-state index is 0.600. The summed E-state index contributed by atoms with van der Waals surface area (Å²) in [6, 6.07) is 0.663. The fraction of sp³-hybridized carbons (Fsp3) is 0.750. The second kappa shape index (κ2) is 4.97. The summed E-state index contributed by atoms with van der Waals surface area (Å²) in [7, 11) is 0. The van der Waals surface area contributed by atoms with Gasteiger partial charge in [-0.25, -0.2) is 4.98 Å². The Labute approximate surface area is 97.4 Å². The molecule has 0 radical (unpaired) electrons. The predicted molar refractivity (Wildman–Crippen MR) is 65.1 cm³/mol. The molecule has 2 heterocycles. The van der Waals surface area contributed by atoms with E-state index in [4.69, 9.17) is 5.73 Å². The molecule has 0 saturated heterocycles. The van der Waals surface area contributed by atoms with Gasteiger partial charge in [-0.2, -0.15) is 0 Å². The molecule has 0 amide bonds. The zero-order valence-electron chi connectivity index (χ0n) is 10.3. The molecule has 0 fully saturated rings. The van der Waals surface area contributed by atoms with E-state index in [1.54, 1.807) is 0 Å². The molecule has 4 nitrogen and oxygen atoms in total. The number of fused-ring (bicyclic) bond motifs is 1. The van der Waals surface area contributed by atoms with Crippen molar-refractivity contribution in [1.29, 1.82) is 0 Å². The van der Waals surface area contributed by atoms with E-state index in [1.807, 2.05) is 6.20 Å². The van der Waals surface area contributed by atoms with Crippen LogP contribution in [0.25, 0.3) is 0 Å². The molecule has 1 aromatic heterocycles. The summed E-state index contributed by atoms with van der Waals surface area (Å²) in [5.41, 5.74) is 6.87. The Hall–Kier alpha value is -0.870. The molecule has 1 aliphatic heterocycles. The molecule has 0 spiro atoms. The third-order valence-electron chi connectivity index (χ3n) is 3.66. The average molecular weight is 222 g/mol. The van der Waals surface area contributed by atoms with Crippen molar-refractivity contribution in [3.63, 3.8) is 0 Å². The first kappa shape index (κ1) is 11.6. The Morgan fingerprint density at radius 2 is 2.25 bits per heavy atom. The number of rotatable bonds is 4. The molecule has 0 bridgehead atoms. The van der Waals surface area contributed by atoms with Crippen molar-refractivity contribution < 1.29 is 0 Å². The maximum Gasteiger partial charge on any atom is 0.110 e. The molecule has 2 N–H and O–H groups in total. The van der Waals surface area contributed by atoms with E-state index in [1.165, 1.54) is 17.9 Å². The van der Waals surface area contributed by atoms with Crippen LogP contribution in [0.2, 0.25) is 0 Å². The van der Waals surface area contributed by atoms with Crippen LogP contribution in [0.3, 0.4) is 0 Å². The van der Waals surface area contributed by atoms with E-state index < -0.39 is 0 Å². The van der Waals surface area contributed by atoms with Crippen molar-refractivity contribution in [2.75, 3.05) is 13.1 Å². The molecule has 2 rings (SSSR count). The van der Waals surface area contributed by atoms with E-state index in [0.29, 0.717) is 12.6 Å². The first-order valence-corrected chi connectivity index (χ1v) is 6.27. The van der Waals surface area contributed by atoms with Crippen LogP contribution < -0.4 is 5.73 Å². The predicted octanol–water partition coefficient (Wildman–Crippen LogP) is 0.998. The highest BCUT2D eigenvalue weighted by molar-refractivity contribution is 5.09. The van der Waals surface area contributed by atoms with Gasteiger partial charge < -0.3 is 15.2 Å². The molecule has 0 aromatic carbocycles. The topological polar surface area (TPSA) is 47.1 Å². The summed E-state index contributed by atoms with van der Waals surface area (Å²) < 4.78 is 2.29. The van der Waals surface area contributed by atoms with Crippen LogP contribution in [-0.2, 0) is 19.5 Å². The summed E-state index contributed by atoms with van der Waals surface area (Å²) in [4.78, 5) is 7.01. The summed E-state index contributed by atoms with van der Waals surface area (Å²) in [5, 5.41) is 0. The molecule has 1 aromatic rings. The van der Waals surface area contributed by atoms with Crippen LogP contribution in [-0.4, -0.2) is 33.6 Å². The van der Waals surface area contributed by atoms with Crippen molar-refractivity contribution >= 4 is 0 Å². The zero-order valence-corrected chi connectivity index (χ0v) is 10.3. The SMILES string of the molecule is CCN(CC)C1CCn2c(CN)cnc2C1. The number of hydrogen-bond donors (Lipinski definition) is 1. The van der Waals surface area contributed by atoms with Gasteiger partial charge in [0.1, 0.15) is 5.82 Å². The lowest BCUT2D eigenvalue weighted by atomic mass is 10.0. The molecule has 16 heavy (non-hydrogen) atoms. The molecule has 1 unspecified atom stereocenters. The van der Waals surface area contributed by atoms with Gasteiger partial charge in [-0.15, -0.1) is 0 Å². The number of aromatic nitrogens is 2. The highest BCUT2D eigenvalue weighted by atomic mass is 15.2. The van der Waals surface area contributed by atoms with Crippen molar-refractivity contribution in [3.05, 3.63) is 17.7 Å². The number of imidazole rings is 1. The lowest BCUT2D eigenvalue weighted by molar-refractivity contribution is 0.181. The molecule has 90 valence electrons. The zero-order chi connectivity index (χ0) is 11.5. The van der Waals surface area contributed by atoms with E-state index in [2.05, 4.69) is 28.3 Å². The molecule has 0 aliphatic carbocycles. The monoisotopic (exact) mass is 222 g/mol. The van der Waals surface area contributed by atoms with Crippen molar-refractivity contribution in [2.24, 2.45) is 5.73 Å². The number of likely N-dealkylation sites (N-methyl/N-ethyl adjacent to an activating group) is 1. The van der Waals surface area contributed by atoms with Gasteiger partial charge in [-0.1, -0.05) is 13.8 Å². The van der Waals surface area contributed by atoms with Crippen molar-refractivity contribution in [3.8, 4) is 0 Å². The normalized spacial score (nSPS) is 20.1. The van der Waals surface area contributed by atoms with E-state index in [9.17, 15) is 0 Å². The van der Waals surface area contributed by atoms with Gasteiger partial charge in [0, 0.05) is 31.7 Å². The smallest absolute Gasteiger partial charge is 0.110 e. The lowest BCUT2D eigenvalue weighted by Crippen LogP contribution is -2.40. The summed E-state index contributed by atoms with van der Waals surface area (Å²) in [5.74, 6) is 1.21. The maximum absolute atomic E-state index is 5.69. The Kier molecular flexibility index (Phi) is 3.61. The third kappa shape index (κ3) is 1.99. The Bertz CT molecular complexity index is 341. The van der Waals surface area contributed by atoms with Gasteiger partial charge in [0.05, 0.1) is 5.69 Å². The van der Waals surface area contributed by atoms with Gasteiger partial charge in [-0.05, 0) is 19.5 Å². The standard InChI is InChI=1S/C12H22N4/c1-3-15(4-2)10-5-6-16-11(8-13)9-14-12(16)7-10/h9-10H,3-8,13H2,1-2H3. The van der Waals surface area contributed by atoms with Crippen LogP contribution in [0.1, 0.15) is 31.8 Å². The minimum Gasteiger partial charge on any atom is -0.331 e. The summed E-state index contributed by atoms with van der Waals surface area (Å²) in [6.07, 6.45) is 4.22. The Morgan fingerprint density at radius 3 is 2.88 bits per heavy atom. The molecule has 0 saturated carbocycles. The Morgan fingerprint density at radius 1 is 1.50 bits per heavy atom. The number of nitrogens with zero attached hydrogens (tertiary/aromatic N) is 3. The fourth-order valence-electron chi connectivity index (χ4n) is 2.70. The van der Waals surface area contributed by atoms with E-state index in [0.717, 1.165) is 26.1 Å². The van der Waals surface area contributed by atoms with E-state index >= 15 is 0 Å². The minimum absolute atomic E-state index is 0.600. The molecular weight excluding hydrogens is 200 g/mol. The quantitative estimate of drug-likeness (QED) is 0.826. The van der Waals surface area contributed by atoms with Crippen LogP contribution in [0, 0.1) is 0 Å². The van der Waals surface area contributed by atoms with Gasteiger partial charge in [0.15, 0.2) is 0 Å². The van der Waals surface area contributed by atoms with Crippen LogP contribution >= 0.6 is 0 Å². The number of nitrogens with two attached hydrogens (primary N) is 1. The summed E-state index contributed by atoms with van der Waals surface area (Å²) in [6.45, 7) is 8.40.